The van der Waals surface area contributed by atoms with E-state index in [1.165, 1.54) is 13.2 Å². The summed E-state index contributed by atoms with van der Waals surface area (Å²) in [6.45, 7) is 4.31. The lowest BCUT2D eigenvalue weighted by atomic mass is 10.4. The number of ether oxygens (including phenoxy) is 2. The molecular weight excluding hydrogens is 198 g/mol. The summed E-state index contributed by atoms with van der Waals surface area (Å²) < 4.78 is 9.18. The van der Waals surface area contributed by atoms with Crippen LogP contribution in [0.3, 0.4) is 0 Å². The van der Waals surface area contributed by atoms with E-state index in [-0.39, 0.29) is 12.4 Å². The first-order valence-electron chi connectivity index (χ1n) is 4.75. The third-order valence-electron chi connectivity index (χ3n) is 1.57. The fraction of sp³-hybridized carbons (Fsp3) is 0.600. The average molecular weight is 215 g/mol. The number of nitrogens with one attached hydrogen (secondary N) is 1. The predicted octanol–water partition coefficient (Wildman–Crippen LogP) is 0.606. The van der Waals surface area contributed by atoms with Crippen molar-refractivity contribution in [2.24, 2.45) is 0 Å². The van der Waals surface area contributed by atoms with Crippen molar-refractivity contribution in [3.63, 3.8) is 0 Å². The fourth-order valence-corrected chi connectivity index (χ4v) is 0.882. The highest BCUT2D eigenvalue weighted by Gasteiger charge is 2.01. The van der Waals surface area contributed by atoms with Gasteiger partial charge in [0.2, 0.25) is 0 Å². The minimum Gasteiger partial charge on any atom is -0.466 e. The van der Waals surface area contributed by atoms with Gasteiger partial charge in [-0.1, -0.05) is 0 Å². The van der Waals surface area contributed by atoms with Crippen LogP contribution in [0.5, 0.6) is 0 Å². The Morgan fingerprint density at radius 2 is 2.07 bits per heavy atom. The summed E-state index contributed by atoms with van der Waals surface area (Å²) >= 11 is 0. The van der Waals surface area contributed by atoms with Gasteiger partial charge in [-0.25, -0.2) is 4.79 Å². The van der Waals surface area contributed by atoms with Crippen LogP contribution in [0.15, 0.2) is 11.8 Å². The van der Waals surface area contributed by atoms with Crippen LogP contribution in [0, 0.1) is 0 Å². The van der Waals surface area contributed by atoms with Crippen molar-refractivity contribution >= 4 is 11.9 Å². The lowest BCUT2D eigenvalue weighted by Crippen LogP contribution is -2.18. The maximum atomic E-state index is 10.9. The first-order chi connectivity index (χ1) is 7.10. The van der Waals surface area contributed by atoms with Crippen LogP contribution in [-0.2, 0) is 19.1 Å². The Labute approximate surface area is 89.4 Å². The van der Waals surface area contributed by atoms with E-state index in [1.54, 1.807) is 13.8 Å². The molecule has 0 aliphatic carbocycles. The Bertz CT molecular complexity index is 248. The number of hydrogen-bond donors (Lipinski definition) is 1. The zero-order chi connectivity index (χ0) is 11.7. The van der Waals surface area contributed by atoms with E-state index in [0.717, 1.165) is 0 Å². The van der Waals surface area contributed by atoms with E-state index >= 15 is 0 Å². The summed E-state index contributed by atoms with van der Waals surface area (Å²) in [5.41, 5.74) is 0.658. The Hall–Kier alpha value is -1.52. The van der Waals surface area contributed by atoms with E-state index < -0.39 is 5.97 Å². The molecule has 0 fully saturated rings. The Kier molecular flexibility index (Phi) is 7.05. The third-order valence-corrected chi connectivity index (χ3v) is 1.57. The molecule has 0 atom stereocenters. The molecule has 5 nitrogen and oxygen atoms in total. The molecule has 86 valence electrons. The van der Waals surface area contributed by atoms with Gasteiger partial charge in [-0.3, -0.25) is 4.79 Å². The zero-order valence-electron chi connectivity index (χ0n) is 9.33. The monoisotopic (exact) mass is 215 g/mol. The highest BCUT2D eigenvalue weighted by Crippen LogP contribution is 1.90. The Morgan fingerprint density at radius 3 is 2.60 bits per heavy atom. The topological polar surface area (TPSA) is 64.6 Å². The molecule has 0 aliphatic heterocycles. The van der Waals surface area contributed by atoms with Crippen molar-refractivity contribution in [1.82, 2.24) is 5.32 Å². The first-order valence-corrected chi connectivity index (χ1v) is 4.75. The highest BCUT2D eigenvalue weighted by atomic mass is 16.5. The minimum atomic E-state index is -0.420. The number of methoxy groups -OCH3 is 1. The molecule has 0 unspecified atom stereocenters. The van der Waals surface area contributed by atoms with Gasteiger partial charge in [-0.2, -0.15) is 0 Å². The Morgan fingerprint density at radius 1 is 1.40 bits per heavy atom. The van der Waals surface area contributed by atoms with E-state index in [2.05, 4.69) is 10.1 Å². The van der Waals surface area contributed by atoms with E-state index in [9.17, 15) is 9.59 Å². The Balaban J connectivity index is 3.72. The van der Waals surface area contributed by atoms with Gasteiger partial charge in [0.15, 0.2) is 0 Å². The molecule has 0 aliphatic rings. The van der Waals surface area contributed by atoms with Gasteiger partial charge in [0, 0.05) is 18.3 Å². The molecule has 0 spiro atoms. The van der Waals surface area contributed by atoms with Crippen LogP contribution in [0.2, 0.25) is 0 Å². The molecule has 0 heterocycles. The standard InChI is InChI=1S/C10H17NO4/c1-4-15-9(12)5-6-11-8(2)7-10(13)14-3/h7,11H,4-6H2,1-3H3/b8-7-. The van der Waals surface area contributed by atoms with Gasteiger partial charge in [-0.15, -0.1) is 0 Å². The molecule has 0 radical (unpaired) electrons. The molecule has 0 amide bonds. The lowest BCUT2D eigenvalue weighted by Gasteiger charge is -2.05. The maximum absolute atomic E-state index is 10.9. The van der Waals surface area contributed by atoms with Crippen molar-refractivity contribution < 1.29 is 19.1 Å². The van der Waals surface area contributed by atoms with Gasteiger partial charge in [-0.05, 0) is 13.8 Å². The number of carbonyl (C=O) groups excluding carboxylic acids is 2. The molecule has 0 saturated heterocycles. The summed E-state index contributed by atoms with van der Waals surface area (Å²) in [5.74, 6) is -0.674. The molecule has 0 saturated carbocycles. The van der Waals surface area contributed by atoms with E-state index in [1.807, 2.05) is 0 Å². The molecular formula is C10H17NO4. The smallest absolute Gasteiger partial charge is 0.332 e. The van der Waals surface area contributed by atoms with Crippen LogP contribution >= 0.6 is 0 Å². The predicted molar refractivity (Wildman–Crippen MR) is 55.0 cm³/mol. The second kappa shape index (κ2) is 7.84. The van der Waals surface area contributed by atoms with E-state index in [4.69, 9.17) is 4.74 Å². The highest BCUT2D eigenvalue weighted by molar-refractivity contribution is 5.82. The van der Waals surface area contributed by atoms with Crippen molar-refractivity contribution in [3.05, 3.63) is 11.8 Å². The molecule has 0 aromatic heterocycles. The minimum absolute atomic E-state index is 0.254. The molecule has 15 heavy (non-hydrogen) atoms. The second-order valence-corrected chi connectivity index (χ2v) is 2.83. The van der Waals surface area contributed by atoms with Crippen LogP contribution in [0.1, 0.15) is 20.3 Å². The van der Waals surface area contributed by atoms with Gasteiger partial charge >= 0.3 is 11.9 Å². The molecule has 1 N–H and O–H groups in total. The molecule has 0 rings (SSSR count). The summed E-state index contributed by atoms with van der Waals surface area (Å²) in [5, 5.41) is 2.90. The van der Waals surface area contributed by atoms with Crippen LogP contribution in [0.4, 0.5) is 0 Å². The summed E-state index contributed by atoms with van der Waals surface area (Å²) in [6, 6.07) is 0. The van der Waals surface area contributed by atoms with Crippen LogP contribution in [-0.4, -0.2) is 32.2 Å². The first kappa shape index (κ1) is 13.5. The van der Waals surface area contributed by atoms with Gasteiger partial charge in [0.25, 0.3) is 0 Å². The van der Waals surface area contributed by atoms with Crippen molar-refractivity contribution in [3.8, 4) is 0 Å². The quantitative estimate of drug-likeness (QED) is 0.519. The summed E-state index contributed by atoms with van der Waals surface area (Å²) in [6.07, 6.45) is 1.60. The maximum Gasteiger partial charge on any atom is 0.332 e. The average Bonchev–Trinajstić information content (AvgIpc) is 2.18. The number of carbonyl (C=O) groups is 2. The van der Waals surface area contributed by atoms with Gasteiger partial charge in [0.1, 0.15) is 0 Å². The summed E-state index contributed by atoms with van der Waals surface area (Å²) in [7, 11) is 1.31. The largest absolute Gasteiger partial charge is 0.466 e. The number of esters is 2. The SMILES string of the molecule is CCOC(=O)CCN/C(C)=C\C(=O)OC. The second-order valence-electron chi connectivity index (χ2n) is 2.83. The van der Waals surface area contributed by atoms with E-state index in [0.29, 0.717) is 18.8 Å². The zero-order valence-corrected chi connectivity index (χ0v) is 9.33. The van der Waals surface area contributed by atoms with Crippen LogP contribution < -0.4 is 5.32 Å². The lowest BCUT2D eigenvalue weighted by molar-refractivity contribution is -0.143. The van der Waals surface area contributed by atoms with Crippen molar-refractivity contribution in [2.75, 3.05) is 20.3 Å². The van der Waals surface area contributed by atoms with Crippen molar-refractivity contribution in [2.45, 2.75) is 20.3 Å². The third kappa shape index (κ3) is 7.54. The normalized spacial score (nSPS) is 10.7. The molecule has 0 aromatic carbocycles. The van der Waals surface area contributed by atoms with Gasteiger partial charge in [0.05, 0.1) is 20.1 Å². The van der Waals surface area contributed by atoms with Crippen LogP contribution in [0.25, 0.3) is 0 Å². The van der Waals surface area contributed by atoms with Crippen molar-refractivity contribution in [1.29, 1.82) is 0 Å². The fourth-order valence-electron chi connectivity index (χ4n) is 0.882. The molecule has 0 bridgehead atoms. The number of allylic oxidation sites excluding steroid dienone is 1. The molecule has 0 aromatic rings. The number of rotatable bonds is 6. The number of hydrogen-bond acceptors (Lipinski definition) is 5. The summed E-state index contributed by atoms with van der Waals surface area (Å²) in [4.78, 5) is 21.7. The van der Waals surface area contributed by atoms with Gasteiger partial charge < -0.3 is 14.8 Å². The molecule has 5 heteroatoms.